The third-order valence-corrected chi connectivity index (χ3v) is 3.03. The quantitative estimate of drug-likeness (QED) is 0.865. The van der Waals surface area contributed by atoms with Crippen LogP contribution in [0.1, 0.15) is 22.0 Å². The maximum atomic E-state index is 12.3. The normalized spacial score (nSPS) is 11.5. The largest absolute Gasteiger partial charge is 0.444 e. The number of H-pyrrole nitrogens is 1. The van der Waals surface area contributed by atoms with E-state index >= 15 is 0 Å². The first-order valence-corrected chi connectivity index (χ1v) is 6.65. The third kappa shape index (κ3) is 3.41. The minimum Gasteiger partial charge on any atom is -0.444 e. The molecule has 2 aromatic rings. The number of ether oxygens (including phenoxy) is 1. The number of hydrogen-bond acceptors (Lipinski definition) is 4. The SMILES string of the molecule is CN(C)C(=O)[C@H](OC(=O)c1ccc[nH]c1=O)c1ccccc1. The Balaban J connectivity index is 2.31. The zero-order valence-electron chi connectivity index (χ0n) is 12.3. The average Bonchev–Trinajstić information content (AvgIpc) is 2.53. The molecule has 0 spiro atoms. The van der Waals surface area contributed by atoms with Crippen LogP contribution in [0, 0.1) is 0 Å². The van der Waals surface area contributed by atoms with Gasteiger partial charge < -0.3 is 14.6 Å². The van der Waals surface area contributed by atoms with Crippen molar-refractivity contribution in [3.8, 4) is 0 Å². The topological polar surface area (TPSA) is 79.5 Å². The Morgan fingerprint density at radius 2 is 1.77 bits per heavy atom. The lowest BCUT2D eigenvalue weighted by atomic mass is 10.1. The van der Waals surface area contributed by atoms with Gasteiger partial charge >= 0.3 is 5.97 Å². The predicted molar refractivity (Wildman–Crippen MR) is 80.4 cm³/mol. The van der Waals surface area contributed by atoms with Gasteiger partial charge in [0.1, 0.15) is 5.56 Å². The standard InChI is InChI=1S/C16H16N2O4/c1-18(2)15(20)13(11-7-4-3-5-8-11)22-16(21)12-9-6-10-17-14(12)19/h3-10,13H,1-2H3,(H,17,19)/t13-/m1/s1. The van der Waals surface area contributed by atoms with Crippen molar-refractivity contribution in [3.63, 3.8) is 0 Å². The van der Waals surface area contributed by atoms with E-state index in [1.165, 1.54) is 23.2 Å². The van der Waals surface area contributed by atoms with Crippen molar-refractivity contribution in [2.24, 2.45) is 0 Å². The Bertz CT molecular complexity index is 722. The maximum absolute atomic E-state index is 12.3. The minimum absolute atomic E-state index is 0.144. The summed E-state index contributed by atoms with van der Waals surface area (Å²) in [6.07, 6.45) is 0.321. The van der Waals surface area contributed by atoms with Crippen molar-refractivity contribution in [2.75, 3.05) is 14.1 Å². The number of aromatic nitrogens is 1. The highest BCUT2D eigenvalue weighted by molar-refractivity contribution is 5.92. The molecular weight excluding hydrogens is 284 g/mol. The summed E-state index contributed by atoms with van der Waals surface area (Å²) in [5, 5.41) is 0. The Hall–Kier alpha value is -2.89. The number of amides is 1. The van der Waals surface area contributed by atoms with Crippen molar-refractivity contribution in [3.05, 3.63) is 70.1 Å². The molecule has 1 atom stereocenters. The van der Waals surface area contributed by atoms with Gasteiger partial charge in [0.15, 0.2) is 0 Å². The van der Waals surface area contributed by atoms with Crippen LogP contribution in [-0.4, -0.2) is 35.9 Å². The summed E-state index contributed by atoms with van der Waals surface area (Å²) in [7, 11) is 3.14. The number of nitrogens with zero attached hydrogens (tertiary/aromatic N) is 1. The monoisotopic (exact) mass is 300 g/mol. The highest BCUT2D eigenvalue weighted by atomic mass is 16.5. The third-order valence-electron chi connectivity index (χ3n) is 3.03. The van der Waals surface area contributed by atoms with Crippen LogP contribution in [0.2, 0.25) is 0 Å². The second-order valence-electron chi connectivity index (χ2n) is 4.84. The molecule has 2 rings (SSSR count). The fourth-order valence-corrected chi connectivity index (χ4v) is 1.88. The van der Waals surface area contributed by atoms with Crippen LogP contribution in [0.25, 0.3) is 0 Å². The van der Waals surface area contributed by atoms with Gasteiger partial charge in [0.05, 0.1) is 0 Å². The molecule has 0 aliphatic rings. The molecule has 1 amide bonds. The van der Waals surface area contributed by atoms with E-state index in [2.05, 4.69) is 4.98 Å². The first-order valence-electron chi connectivity index (χ1n) is 6.65. The van der Waals surface area contributed by atoms with Gasteiger partial charge in [0.25, 0.3) is 11.5 Å². The van der Waals surface area contributed by atoms with Gasteiger partial charge in [-0.3, -0.25) is 9.59 Å². The highest BCUT2D eigenvalue weighted by Crippen LogP contribution is 2.20. The van der Waals surface area contributed by atoms with Crippen LogP contribution in [0.3, 0.4) is 0 Å². The van der Waals surface area contributed by atoms with Crippen LogP contribution < -0.4 is 5.56 Å². The molecule has 114 valence electrons. The van der Waals surface area contributed by atoms with Crippen LogP contribution in [-0.2, 0) is 9.53 Å². The Labute approximate surface area is 127 Å². The first-order chi connectivity index (χ1) is 10.5. The van der Waals surface area contributed by atoms with Gasteiger partial charge in [-0.2, -0.15) is 0 Å². The number of pyridine rings is 1. The van der Waals surface area contributed by atoms with Crippen molar-refractivity contribution < 1.29 is 14.3 Å². The van der Waals surface area contributed by atoms with E-state index in [1.54, 1.807) is 44.4 Å². The van der Waals surface area contributed by atoms with E-state index < -0.39 is 17.6 Å². The van der Waals surface area contributed by atoms with Crippen molar-refractivity contribution >= 4 is 11.9 Å². The molecule has 6 heteroatoms. The molecule has 22 heavy (non-hydrogen) atoms. The molecule has 0 saturated carbocycles. The summed E-state index contributed by atoms with van der Waals surface area (Å²) in [5.74, 6) is -1.22. The summed E-state index contributed by atoms with van der Waals surface area (Å²) < 4.78 is 5.28. The zero-order valence-corrected chi connectivity index (χ0v) is 12.3. The van der Waals surface area contributed by atoms with E-state index in [9.17, 15) is 14.4 Å². The summed E-state index contributed by atoms with van der Waals surface area (Å²) in [6.45, 7) is 0. The van der Waals surface area contributed by atoms with E-state index in [4.69, 9.17) is 4.74 Å². The molecule has 0 saturated heterocycles. The summed E-state index contributed by atoms with van der Waals surface area (Å²) in [4.78, 5) is 39.8. The molecule has 0 unspecified atom stereocenters. The summed E-state index contributed by atoms with van der Waals surface area (Å²) in [5.41, 5.74) is -0.159. The Morgan fingerprint density at radius 1 is 1.09 bits per heavy atom. The molecule has 0 bridgehead atoms. The van der Waals surface area contributed by atoms with E-state index in [1.807, 2.05) is 0 Å². The smallest absolute Gasteiger partial charge is 0.344 e. The molecule has 0 aliphatic heterocycles. The average molecular weight is 300 g/mol. The number of rotatable bonds is 4. The minimum atomic E-state index is -1.09. The van der Waals surface area contributed by atoms with Gasteiger partial charge in [0.2, 0.25) is 6.10 Å². The predicted octanol–water partition coefficient (Wildman–Crippen LogP) is 1.36. The first kappa shape index (κ1) is 15.5. The number of nitrogens with one attached hydrogen (secondary N) is 1. The Morgan fingerprint density at radius 3 is 2.36 bits per heavy atom. The number of esters is 1. The number of aromatic amines is 1. The molecule has 1 N–H and O–H groups in total. The van der Waals surface area contributed by atoms with E-state index in [0.29, 0.717) is 5.56 Å². The lowest BCUT2D eigenvalue weighted by molar-refractivity contribution is -0.138. The highest BCUT2D eigenvalue weighted by Gasteiger charge is 2.27. The van der Waals surface area contributed by atoms with Crippen LogP contribution in [0.4, 0.5) is 0 Å². The maximum Gasteiger partial charge on any atom is 0.344 e. The molecule has 1 aromatic carbocycles. The number of carbonyl (C=O) groups is 2. The van der Waals surface area contributed by atoms with Gasteiger partial charge in [-0.25, -0.2) is 4.79 Å². The van der Waals surface area contributed by atoms with Crippen molar-refractivity contribution in [1.82, 2.24) is 9.88 Å². The molecular formula is C16H16N2O4. The van der Waals surface area contributed by atoms with Gasteiger partial charge in [-0.1, -0.05) is 30.3 Å². The fourth-order valence-electron chi connectivity index (χ4n) is 1.88. The second kappa shape index (κ2) is 6.71. The lowest BCUT2D eigenvalue weighted by Crippen LogP contribution is -2.32. The number of likely N-dealkylation sites (N-methyl/N-ethyl adjacent to an activating group) is 1. The number of benzene rings is 1. The summed E-state index contributed by atoms with van der Waals surface area (Å²) in [6, 6.07) is 11.5. The molecule has 1 heterocycles. The van der Waals surface area contributed by atoms with Crippen molar-refractivity contribution in [1.29, 1.82) is 0 Å². The number of hydrogen-bond donors (Lipinski definition) is 1. The molecule has 0 aliphatic carbocycles. The molecule has 6 nitrogen and oxygen atoms in total. The summed E-state index contributed by atoms with van der Waals surface area (Å²) >= 11 is 0. The van der Waals surface area contributed by atoms with Crippen LogP contribution in [0.5, 0.6) is 0 Å². The van der Waals surface area contributed by atoms with Crippen LogP contribution >= 0.6 is 0 Å². The van der Waals surface area contributed by atoms with Gasteiger partial charge in [0, 0.05) is 25.9 Å². The van der Waals surface area contributed by atoms with Gasteiger partial charge in [-0.05, 0) is 12.1 Å². The van der Waals surface area contributed by atoms with Crippen LogP contribution in [0.15, 0.2) is 53.5 Å². The van der Waals surface area contributed by atoms with Gasteiger partial charge in [-0.15, -0.1) is 0 Å². The fraction of sp³-hybridized carbons (Fsp3) is 0.188. The molecule has 0 radical (unpaired) electrons. The number of carbonyl (C=O) groups excluding carboxylic acids is 2. The molecule has 0 fully saturated rings. The van der Waals surface area contributed by atoms with Crippen molar-refractivity contribution in [2.45, 2.75) is 6.10 Å². The van der Waals surface area contributed by atoms with E-state index in [-0.39, 0.29) is 11.5 Å². The Kier molecular flexibility index (Phi) is 4.73. The molecule has 1 aromatic heterocycles. The van der Waals surface area contributed by atoms with E-state index in [0.717, 1.165) is 0 Å². The lowest BCUT2D eigenvalue weighted by Gasteiger charge is -2.21. The second-order valence-corrected chi connectivity index (χ2v) is 4.84. The zero-order chi connectivity index (χ0) is 16.1.